The normalized spacial score (nSPS) is 14.7. The van der Waals surface area contributed by atoms with E-state index in [1.54, 1.807) is 6.92 Å². The van der Waals surface area contributed by atoms with Crippen LogP contribution in [0.5, 0.6) is 11.5 Å². The Balaban J connectivity index is 3.21. The number of aliphatic hydroxyl groups is 1. The molecule has 15 heavy (non-hydrogen) atoms. The Bertz CT molecular complexity index is 355. The molecular weight excluding hydrogens is 218 g/mol. The lowest BCUT2D eigenvalue weighted by molar-refractivity contribution is 0.149. The third-order valence-electron chi connectivity index (χ3n) is 2.12. The van der Waals surface area contributed by atoms with E-state index in [1.165, 1.54) is 19.2 Å². The van der Waals surface area contributed by atoms with E-state index in [9.17, 15) is 10.2 Å². The molecule has 1 aromatic rings. The van der Waals surface area contributed by atoms with Crippen molar-refractivity contribution in [2.45, 2.75) is 19.1 Å². The molecule has 0 spiro atoms. The van der Waals surface area contributed by atoms with Gasteiger partial charge in [0.2, 0.25) is 0 Å². The largest absolute Gasteiger partial charge is 0.506 e. The van der Waals surface area contributed by atoms with E-state index in [4.69, 9.17) is 22.1 Å². The van der Waals surface area contributed by atoms with Gasteiger partial charge in [-0.3, -0.25) is 0 Å². The summed E-state index contributed by atoms with van der Waals surface area (Å²) in [6.45, 7) is 1.64. The van der Waals surface area contributed by atoms with Crippen molar-refractivity contribution < 1.29 is 14.9 Å². The van der Waals surface area contributed by atoms with Crippen LogP contribution in [-0.2, 0) is 0 Å². The molecule has 84 valence electrons. The molecule has 4 N–H and O–H groups in total. The maximum absolute atomic E-state index is 9.72. The Morgan fingerprint density at radius 1 is 1.47 bits per heavy atom. The van der Waals surface area contributed by atoms with Crippen molar-refractivity contribution in [2.24, 2.45) is 5.73 Å². The molecule has 0 saturated carbocycles. The van der Waals surface area contributed by atoms with Gasteiger partial charge < -0.3 is 20.7 Å². The van der Waals surface area contributed by atoms with Gasteiger partial charge in [0, 0.05) is 17.7 Å². The van der Waals surface area contributed by atoms with Gasteiger partial charge >= 0.3 is 0 Å². The van der Waals surface area contributed by atoms with Gasteiger partial charge in [0.15, 0.2) is 0 Å². The standard InChI is InChI=1S/C10H14ClNO3/c1-5(12)9(13)7-3-6(15-2)4-8(11)10(7)14/h3-5,9,13-14H,12H2,1-2H3. The van der Waals surface area contributed by atoms with E-state index >= 15 is 0 Å². The van der Waals surface area contributed by atoms with Gasteiger partial charge in [-0.05, 0) is 13.0 Å². The number of phenols is 1. The summed E-state index contributed by atoms with van der Waals surface area (Å²) in [5.74, 6) is 0.301. The first-order valence-corrected chi connectivity index (χ1v) is 4.85. The molecule has 0 fully saturated rings. The second-order valence-electron chi connectivity index (χ2n) is 3.35. The smallest absolute Gasteiger partial charge is 0.140 e. The van der Waals surface area contributed by atoms with Crippen molar-refractivity contribution in [1.82, 2.24) is 0 Å². The fourth-order valence-electron chi connectivity index (χ4n) is 1.22. The molecule has 0 heterocycles. The highest BCUT2D eigenvalue weighted by Gasteiger charge is 2.19. The molecule has 5 heteroatoms. The first-order chi connectivity index (χ1) is 6.97. The lowest BCUT2D eigenvalue weighted by Gasteiger charge is -2.17. The second kappa shape index (κ2) is 4.70. The van der Waals surface area contributed by atoms with E-state index in [0.29, 0.717) is 5.75 Å². The number of aromatic hydroxyl groups is 1. The minimum Gasteiger partial charge on any atom is -0.506 e. The van der Waals surface area contributed by atoms with Crippen molar-refractivity contribution in [2.75, 3.05) is 7.11 Å². The number of benzene rings is 1. The van der Waals surface area contributed by atoms with Crippen LogP contribution in [0.4, 0.5) is 0 Å². The van der Waals surface area contributed by atoms with Crippen LogP contribution < -0.4 is 10.5 Å². The molecule has 4 nitrogen and oxygen atoms in total. The molecule has 1 aromatic carbocycles. The monoisotopic (exact) mass is 231 g/mol. The highest BCUT2D eigenvalue weighted by Crippen LogP contribution is 2.36. The van der Waals surface area contributed by atoms with Crippen molar-refractivity contribution >= 4 is 11.6 Å². The van der Waals surface area contributed by atoms with E-state index in [2.05, 4.69) is 0 Å². The van der Waals surface area contributed by atoms with E-state index in [0.717, 1.165) is 0 Å². The SMILES string of the molecule is COc1cc(Cl)c(O)c(C(O)C(C)N)c1. The summed E-state index contributed by atoms with van der Waals surface area (Å²) >= 11 is 5.76. The molecule has 1 rings (SSSR count). The lowest BCUT2D eigenvalue weighted by atomic mass is 10.0. The third kappa shape index (κ3) is 2.53. The van der Waals surface area contributed by atoms with Crippen LogP contribution in [0.2, 0.25) is 5.02 Å². The van der Waals surface area contributed by atoms with Crippen LogP contribution >= 0.6 is 11.6 Å². The van der Waals surface area contributed by atoms with Crippen LogP contribution in [0.1, 0.15) is 18.6 Å². The van der Waals surface area contributed by atoms with Crippen LogP contribution in [-0.4, -0.2) is 23.4 Å². The lowest BCUT2D eigenvalue weighted by Crippen LogP contribution is -2.24. The highest BCUT2D eigenvalue weighted by atomic mass is 35.5. The van der Waals surface area contributed by atoms with Crippen LogP contribution in [0.25, 0.3) is 0 Å². The molecular formula is C10H14ClNO3. The molecule has 2 atom stereocenters. The number of methoxy groups -OCH3 is 1. The maximum atomic E-state index is 9.72. The van der Waals surface area contributed by atoms with Gasteiger partial charge in [0.1, 0.15) is 11.5 Å². The molecule has 0 bridgehead atoms. The van der Waals surface area contributed by atoms with Crippen molar-refractivity contribution in [3.8, 4) is 11.5 Å². The number of halogens is 1. The Hall–Kier alpha value is -0.970. The van der Waals surface area contributed by atoms with Crippen LogP contribution in [0, 0.1) is 0 Å². The zero-order valence-corrected chi connectivity index (χ0v) is 9.32. The summed E-state index contributed by atoms with van der Waals surface area (Å²) in [5, 5.41) is 19.5. The van der Waals surface area contributed by atoms with E-state index < -0.39 is 12.1 Å². The summed E-state index contributed by atoms with van der Waals surface area (Å²) in [5.41, 5.74) is 5.81. The molecule has 0 aliphatic rings. The summed E-state index contributed by atoms with van der Waals surface area (Å²) in [4.78, 5) is 0. The first kappa shape index (κ1) is 12.1. The summed E-state index contributed by atoms with van der Waals surface area (Å²) in [7, 11) is 1.48. The number of hydrogen-bond acceptors (Lipinski definition) is 4. The minimum atomic E-state index is -0.974. The Kier molecular flexibility index (Phi) is 3.79. The molecule has 0 aliphatic heterocycles. The summed E-state index contributed by atoms with van der Waals surface area (Å²) in [6, 6.07) is 2.47. The molecule has 0 saturated heterocycles. The Morgan fingerprint density at radius 2 is 2.07 bits per heavy atom. The predicted molar refractivity (Wildman–Crippen MR) is 58.3 cm³/mol. The van der Waals surface area contributed by atoms with Gasteiger partial charge in [-0.15, -0.1) is 0 Å². The Morgan fingerprint density at radius 3 is 2.53 bits per heavy atom. The van der Waals surface area contributed by atoms with E-state index in [1.807, 2.05) is 0 Å². The fraction of sp³-hybridized carbons (Fsp3) is 0.400. The van der Waals surface area contributed by atoms with Crippen molar-refractivity contribution in [3.63, 3.8) is 0 Å². The molecule has 0 aliphatic carbocycles. The quantitative estimate of drug-likeness (QED) is 0.736. The zero-order chi connectivity index (χ0) is 11.6. The van der Waals surface area contributed by atoms with Gasteiger partial charge in [-0.1, -0.05) is 11.6 Å². The van der Waals surface area contributed by atoms with Gasteiger partial charge in [-0.25, -0.2) is 0 Å². The van der Waals surface area contributed by atoms with E-state index in [-0.39, 0.29) is 16.3 Å². The van der Waals surface area contributed by atoms with Gasteiger partial charge in [0.25, 0.3) is 0 Å². The van der Waals surface area contributed by atoms with Gasteiger partial charge in [0.05, 0.1) is 18.2 Å². The molecule has 0 radical (unpaired) electrons. The molecule has 0 amide bonds. The fourth-order valence-corrected chi connectivity index (χ4v) is 1.44. The van der Waals surface area contributed by atoms with Crippen molar-refractivity contribution in [1.29, 1.82) is 0 Å². The number of rotatable bonds is 3. The Labute approximate surface area is 93.2 Å². The predicted octanol–water partition coefficient (Wildman–Crippen LogP) is 1.43. The van der Waals surface area contributed by atoms with Crippen LogP contribution in [0.15, 0.2) is 12.1 Å². The maximum Gasteiger partial charge on any atom is 0.140 e. The zero-order valence-electron chi connectivity index (χ0n) is 8.57. The number of ether oxygens (including phenoxy) is 1. The van der Waals surface area contributed by atoms with Gasteiger partial charge in [-0.2, -0.15) is 0 Å². The summed E-state index contributed by atoms with van der Waals surface area (Å²) in [6.07, 6.45) is -0.974. The third-order valence-corrected chi connectivity index (χ3v) is 2.41. The highest BCUT2D eigenvalue weighted by molar-refractivity contribution is 6.32. The second-order valence-corrected chi connectivity index (χ2v) is 3.76. The summed E-state index contributed by atoms with van der Waals surface area (Å²) < 4.78 is 4.97. The van der Waals surface area contributed by atoms with Crippen molar-refractivity contribution in [3.05, 3.63) is 22.7 Å². The number of phenolic OH excluding ortho intramolecular Hbond substituents is 1. The topological polar surface area (TPSA) is 75.7 Å². The van der Waals surface area contributed by atoms with Crippen LogP contribution in [0.3, 0.4) is 0 Å². The average molecular weight is 232 g/mol. The molecule has 2 unspecified atom stereocenters. The number of aliphatic hydroxyl groups excluding tert-OH is 1. The number of hydrogen-bond donors (Lipinski definition) is 3. The average Bonchev–Trinajstić information content (AvgIpc) is 2.20. The minimum absolute atomic E-state index is 0.129. The molecule has 0 aromatic heterocycles. The first-order valence-electron chi connectivity index (χ1n) is 4.47. The number of nitrogens with two attached hydrogens (primary N) is 1.